The Hall–Kier alpha value is -2.08. The maximum absolute atomic E-state index is 12.2. The normalized spacial score (nSPS) is 12.1. The van der Waals surface area contributed by atoms with Gasteiger partial charge in [-0.3, -0.25) is 9.59 Å². The number of carbonyl (C=O) groups is 2. The molecule has 1 heterocycles. The highest BCUT2D eigenvalue weighted by molar-refractivity contribution is 7.20. The number of rotatable bonds is 7. The molecule has 1 unspecified atom stereocenters. The lowest BCUT2D eigenvalue weighted by Crippen LogP contribution is -2.13. The number of ether oxygens (including phenoxy) is 2. The summed E-state index contributed by atoms with van der Waals surface area (Å²) in [5.74, 6) is -0.559. The molecule has 0 aliphatic carbocycles. The van der Waals surface area contributed by atoms with Crippen LogP contribution in [0.4, 0.5) is 0 Å². The molecule has 0 fully saturated rings. The van der Waals surface area contributed by atoms with Crippen LogP contribution < -0.4 is 9.47 Å². The van der Waals surface area contributed by atoms with E-state index in [1.807, 2.05) is 19.1 Å². The van der Waals surface area contributed by atoms with Crippen LogP contribution >= 0.6 is 11.3 Å². The van der Waals surface area contributed by atoms with Crippen LogP contribution in [-0.2, 0) is 4.79 Å². The summed E-state index contributed by atoms with van der Waals surface area (Å²) in [5.41, 5.74) is 0. The number of aliphatic carboxylic acids is 1. The Morgan fingerprint density at radius 1 is 1.27 bits per heavy atom. The van der Waals surface area contributed by atoms with Gasteiger partial charge in [-0.15, -0.1) is 11.3 Å². The molecule has 1 aromatic heterocycles. The first-order valence-corrected chi connectivity index (χ1v) is 7.78. The number of ketones is 1. The molecule has 0 aliphatic rings. The Balaban J connectivity index is 2.33. The summed E-state index contributed by atoms with van der Waals surface area (Å²) < 4.78 is 11.7. The molecule has 5 nitrogen and oxygen atoms in total. The van der Waals surface area contributed by atoms with Crippen molar-refractivity contribution < 1.29 is 24.2 Å². The third-order valence-corrected chi connectivity index (χ3v) is 4.43. The zero-order chi connectivity index (χ0) is 16.3. The number of hydrogen-bond acceptors (Lipinski definition) is 5. The molecule has 1 N–H and O–H groups in total. The van der Waals surface area contributed by atoms with Gasteiger partial charge in [0.25, 0.3) is 0 Å². The first-order valence-electron chi connectivity index (χ1n) is 6.96. The molecular formula is C16H18O5S. The number of thiophene rings is 1. The summed E-state index contributed by atoms with van der Waals surface area (Å²) in [5, 5.41) is 9.79. The third-order valence-electron chi connectivity index (χ3n) is 3.29. The molecule has 6 heteroatoms. The van der Waals surface area contributed by atoms with Crippen molar-refractivity contribution >= 4 is 33.2 Å². The van der Waals surface area contributed by atoms with Crippen LogP contribution in [0.5, 0.6) is 11.5 Å². The van der Waals surface area contributed by atoms with Crippen LogP contribution in [0.3, 0.4) is 0 Å². The predicted octanol–water partition coefficient (Wildman–Crippen LogP) is 3.60. The predicted molar refractivity (Wildman–Crippen MR) is 85.3 cm³/mol. The van der Waals surface area contributed by atoms with E-state index in [0.29, 0.717) is 23.0 Å². The van der Waals surface area contributed by atoms with Crippen LogP contribution in [0.2, 0.25) is 0 Å². The molecule has 1 atom stereocenters. The molecule has 1 aromatic carbocycles. The molecule has 0 amide bonds. The van der Waals surface area contributed by atoms with Crippen molar-refractivity contribution in [3.05, 3.63) is 23.1 Å². The van der Waals surface area contributed by atoms with Crippen molar-refractivity contribution in [1.29, 1.82) is 0 Å². The zero-order valence-corrected chi connectivity index (χ0v) is 13.5. The highest BCUT2D eigenvalue weighted by Crippen LogP contribution is 2.37. The lowest BCUT2D eigenvalue weighted by Gasteiger charge is -2.08. The number of Topliss-reactive ketones (excluding diaryl/α,β-unsaturated/α-hetero) is 1. The van der Waals surface area contributed by atoms with Gasteiger partial charge >= 0.3 is 5.97 Å². The zero-order valence-electron chi connectivity index (χ0n) is 12.7. The smallest absolute Gasteiger partial charge is 0.306 e. The Morgan fingerprint density at radius 3 is 2.59 bits per heavy atom. The van der Waals surface area contributed by atoms with E-state index in [-0.39, 0.29) is 12.2 Å². The summed E-state index contributed by atoms with van der Waals surface area (Å²) >= 11 is 1.34. The van der Waals surface area contributed by atoms with Crippen molar-refractivity contribution in [3.8, 4) is 11.5 Å². The fourth-order valence-corrected chi connectivity index (χ4v) is 3.10. The van der Waals surface area contributed by atoms with E-state index in [1.165, 1.54) is 18.3 Å². The highest BCUT2D eigenvalue weighted by atomic mass is 32.1. The van der Waals surface area contributed by atoms with Crippen LogP contribution in [-0.4, -0.2) is 30.6 Å². The number of hydrogen-bond donors (Lipinski definition) is 1. The lowest BCUT2D eigenvalue weighted by molar-refractivity contribution is -0.141. The monoisotopic (exact) mass is 322 g/mol. The van der Waals surface area contributed by atoms with Gasteiger partial charge in [-0.05, 0) is 24.4 Å². The molecule has 0 radical (unpaired) electrons. The van der Waals surface area contributed by atoms with Gasteiger partial charge in [-0.1, -0.05) is 6.92 Å². The van der Waals surface area contributed by atoms with Crippen LogP contribution in [0.25, 0.3) is 10.1 Å². The van der Waals surface area contributed by atoms with Gasteiger partial charge in [0, 0.05) is 17.2 Å². The van der Waals surface area contributed by atoms with Gasteiger partial charge in [0.15, 0.2) is 17.3 Å². The second-order valence-corrected chi connectivity index (χ2v) is 6.03. The molecule has 0 saturated heterocycles. The van der Waals surface area contributed by atoms with Crippen LogP contribution in [0, 0.1) is 5.92 Å². The molecule has 0 bridgehead atoms. The van der Waals surface area contributed by atoms with E-state index in [2.05, 4.69) is 0 Å². The van der Waals surface area contributed by atoms with Gasteiger partial charge in [-0.25, -0.2) is 0 Å². The number of carbonyl (C=O) groups excluding carboxylic acids is 1. The van der Waals surface area contributed by atoms with E-state index < -0.39 is 11.9 Å². The first-order chi connectivity index (χ1) is 10.5. The number of benzene rings is 1. The van der Waals surface area contributed by atoms with Crippen molar-refractivity contribution in [1.82, 2.24) is 0 Å². The maximum atomic E-state index is 12.2. The van der Waals surface area contributed by atoms with Gasteiger partial charge in [0.1, 0.15) is 0 Å². The Kier molecular flexibility index (Phi) is 5.03. The minimum absolute atomic E-state index is 0.00237. The molecule has 2 aromatic rings. The summed E-state index contributed by atoms with van der Waals surface area (Å²) in [6.45, 7) is 3.94. The van der Waals surface area contributed by atoms with Gasteiger partial charge in [0.05, 0.1) is 24.5 Å². The molecular weight excluding hydrogens is 304 g/mol. The van der Waals surface area contributed by atoms with Crippen molar-refractivity contribution in [2.24, 2.45) is 5.92 Å². The van der Waals surface area contributed by atoms with E-state index in [4.69, 9.17) is 14.6 Å². The third kappa shape index (κ3) is 3.39. The second kappa shape index (κ2) is 6.79. The fourth-order valence-electron chi connectivity index (χ4n) is 2.08. The fraction of sp³-hybridized carbons (Fsp3) is 0.375. The Morgan fingerprint density at radius 2 is 2.00 bits per heavy atom. The standard InChI is InChI=1S/C16H18O5S/c1-4-21-13-6-10-7-15(11(17)5-9(2)16(18)19)22-14(10)8-12(13)20-3/h6-9H,4-5H2,1-3H3,(H,18,19). The average Bonchev–Trinajstić information content (AvgIpc) is 2.89. The summed E-state index contributed by atoms with van der Waals surface area (Å²) in [6.07, 6.45) is -0.00237. The SMILES string of the molecule is CCOc1cc2cc(C(=O)CC(C)C(=O)O)sc2cc1OC. The Bertz CT molecular complexity index is 704. The van der Waals surface area contributed by atoms with E-state index in [0.717, 1.165) is 10.1 Å². The van der Waals surface area contributed by atoms with E-state index >= 15 is 0 Å². The lowest BCUT2D eigenvalue weighted by atomic mass is 10.0. The van der Waals surface area contributed by atoms with Crippen LogP contribution in [0.1, 0.15) is 29.9 Å². The molecule has 0 aliphatic heterocycles. The minimum atomic E-state index is -0.963. The van der Waals surface area contributed by atoms with E-state index in [9.17, 15) is 9.59 Å². The first kappa shape index (κ1) is 16.3. The van der Waals surface area contributed by atoms with Gasteiger partial charge in [-0.2, -0.15) is 0 Å². The summed E-state index contributed by atoms with van der Waals surface area (Å²) in [4.78, 5) is 23.6. The number of carboxylic acid groups (broad SMARTS) is 1. The molecule has 0 saturated carbocycles. The molecule has 22 heavy (non-hydrogen) atoms. The Labute approximate surface area is 132 Å². The highest BCUT2D eigenvalue weighted by Gasteiger charge is 2.19. The molecule has 0 spiro atoms. The average molecular weight is 322 g/mol. The van der Waals surface area contributed by atoms with E-state index in [1.54, 1.807) is 13.2 Å². The number of fused-ring (bicyclic) bond motifs is 1. The summed E-state index contributed by atoms with van der Waals surface area (Å²) in [7, 11) is 1.57. The molecule has 118 valence electrons. The van der Waals surface area contributed by atoms with Gasteiger partial charge < -0.3 is 14.6 Å². The van der Waals surface area contributed by atoms with Crippen molar-refractivity contribution in [2.45, 2.75) is 20.3 Å². The van der Waals surface area contributed by atoms with Crippen LogP contribution in [0.15, 0.2) is 18.2 Å². The number of methoxy groups -OCH3 is 1. The van der Waals surface area contributed by atoms with Gasteiger partial charge in [0.2, 0.25) is 0 Å². The maximum Gasteiger partial charge on any atom is 0.306 e. The molecule has 2 rings (SSSR count). The van der Waals surface area contributed by atoms with Crippen molar-refractivity contribution in [3.63, 3.8) is 0 Å². The topological polar surface area (TPSA) is 72.8 Å². The second-order valence-electron chi connectivity index (χ2n) is 4.95. The minimum Gasteiger partial charge on any atom is -0.493 e. The number of carboxylic acids is 1. The quantitative estimate of drug-likeness (QED) is 0.788. The van der Waals surface area contributed by atoms with Crippen molar-refractivity contribution in [2.75, 3.05) is 13.7 Å². The summed E-state index contributed by atoms with van der Waals surface area (Å²) in [6, 6.07) is 5.45. The largest absolute Gasteiger partial charge is 0.493 e.